The second-order valence-electron chi connectivity index (χ2n) is 8.20. The SMILES string of the molecule is CCCC(C)(N)CNc1nc(-c2cc(-c3ccon3)n(Cc3ccccc3I)n2)ncc1F. The highest BCUT2D eigenvalue weighted by Crippen LogP contribution is 2.26. The summed E-state index contributed by atoms with van der Waals surface area (Å²) in [5.74, 6) is -0.136. The number of hydrogen-bond acceptors (Lipinski definition) is 7. The number of nitrogens with zero attached hydrogens (tertiary/aromatic N) is 5. The van der Waals surface area contributed by atoms with Crippen LogP contribution in [-0.4, -0.2) is 37.0 Å². The summed E-state index contributed by atoms with van der Waals surface area (Å²) in [6.07, 6.45) is 4.40. The molecule has 33 heavy (non-hydrogen) atoms. The van der Waals surface area contributed by atoms with Gasteiger partial charge in [0.05, 0.1) is 18.4 Å². The van der Waals surface area contributed by atoms with Gasteiger partial charge in [-0.1, -0.05) is 36.7 Å². The molecule has 4 aromatic rings. The lowest BCUT2D eigenvalue weighted by atomic mass is 9.98. The van der Waals surface area contributed by atoms with Crippen LogP contribution in [0.25, 0.3) is 22.9 Å². The predicted molar refractivity (Wildman–Crippen MR) is 133 cm³/mol. The second-order valence-corrected chi connectivity index (χ2v) is 9.36. The van der Waals surface area contributed by atoms with Crippen molar-refractivity contribution in [2.24, 2.45) is 5.73 Å². The lowest BCUT2D eigenvalue weighted by Gasteiger charge is -2.24. The fourth-order valence-electron chi connectivity index (χ4n) is 3.55. The lowest BCUT2D eigenvalue weighted by molar-refractivity contribution is 0.421. The van der Waals surface area contributed by atoms with Gasteiger partial charge < -0.3 is 15.6 Å². The summed E-state index contributed by atoms with van der Waals surface area (Å²) in [7, 11) is 0. The number of nitrogens with one attached hydrogen (secondary N) is 1. The Labute approximate surface area is 204 Å². The Kier molecular flexibility index (Phi) is 7.03. The Morgan fingerprint density at radius 3 is 2.79 bits per heavy atom. The highest BCUT2D eigenvalue weighted by Gasteiger charge is 2.20. The molecule has 0 bridgehead atoms. The van der Waals surface area contributed by atoms with Crippen molar-refractivity contribution >= 4 is 28.4 Å². The molecule has 0 amide bonds. The van der Waals surface area contributed by atoms with E-state index in [0.717, 1.165) is 33.9 Å². The van der Waals surface area contributed by atoms with Crippen LogP contribution < -0.4 is 11.1 Å². The third-order valence-electron chi connectivity index (χ3n) is 5.21. The molecule has 3 heterocycles. The Bertz CT molecular complexity index is 1220. The van der Waals surface area contributed by atoms with Crippen molar-refractivity contribution in [3.8, 4) is 22.9 Å². The van der Waals surface area contributed by atoms with E-state index in [9.17, 15) is 4.39 Å². The highest BCUT2D eigenvalue weighted by atomic mass is 127. The van der Waals surface area contributed by atoms with Gasteiger partial charge in [0, 0.05) is 21.7 Å². The molecular weight excluding hydrogens is 536 g/mol. The summed E-state index contributed by atoms with van der Waals surface area (Å²) < 4.78 is 22.4. The Morgan fingerprint density at radius 1 is 1.24 bits per heavy atom. The van der Waals surface area contributed by atoms with Crippen molar-refractivity contribution in [2.75, 3.05) is 11.9 Å². The first-order valence-corrected chi connectivity index (χ1v) is 11.7. The molecule has 0 saturated heterocycles. The van der Waals surface area contributed by atoms with Crippen molar-refractivity contribution in [3.63, 3.8) is 0 Å². The minimum Gasteiger partial charge on any atom is -0.366 e. The fourth-order valence-corrected chi connectivity index (χ4v) is 4.10. The monoisotopic (exact) mass is 561 g/mol. The Hall–Kier alpha value is -2.86. The van der Waals surface area contributed by atoms with E-state index < -0.39 is 11.4 Å². The molecule has 0 saturated carbocycles. The maximum absolute atomic E-state index is 14.4. The third kappa shape index (κ3) is 5.56. The van der Waals surface area contributed by atoms with E-state index >= 15 is 0 Å². The van der Waals surface area contributed by atoms with Gasteiger partial charge in [-0.2, -0.15) is 5.10 Å². The first-order chi connectivity index (χ1) is 15.9. The van der Waals surface area contributed by atoms with Gasteiger partial charge >= 0.3 is 0 Å². The van der Waals surface area contributed by atoms with Gasteiger partial charge in [0.1, 0.15) is 17.7 Å². The van der Waals surface area contributed by atoms with Crippen LogP contribution in [0.1, 0.15) is 32.3 Å². The topological polar surface area (TPSA) is 108 Å². The molecule has 172 valence electrons. The van der Waals surface area contributed by atoms with Crippen LogP contribution in [0.15, 0.2) is 53.4 Å². The van der Waals surface area contributed by atoms with Crippen molar-refractivity contribution in [1.29, 1.82) is 0 Å². The Morgan fingerprint density at radius 2 is 2.06 bits per heavy atom. The summed E-state index contributed by atoms with van der Waals surface area (Å²) in [5, 5.41) is 11.8. The van der Waals surface area contributed by atoms with Crippen molar-refractivity contribution in [3.05, 3.63) is 63.8 Å². The summed E-state index contributed by atoms with van der Waals surface area (Å²) in [5.41, 5.74) is 8.81. The first kappa shape index (κ1) is 23.3. The smallest absolute Gasteiger partial charge is 0.183 e. The minimum absolute atomic E-state index is 0.0999. The highest BCUT2D eigenvalue weighted by molar-refractivity contribution is 14.1. The van der Waals surface area contributed by atoms with Gasteiger partial charge in [0.25, 0.3) is 0 Å². The number of nitrogens with two attached hydrogens (primary N) is 1. The molecule has 0 spiro atoms. The third-order valence-corrected chi connectivity index (χ3v) is 6.26. The second kappa shape index (κ2) is 9.96. The maximum atomic E-state index is 14.4. The van der Waals surface area contributed by atoms with Crippen LogP contribution in [0.2, 0.25) is 0 Å². The van der Waals surface area contributed by atoms with E-state index in [1.165, 1.54) is 6.26 Å². The molecule has 1 unspecified atom stereocenters. The number of aromatic nitrogens is 5. The standard InChI is InChI=1S/C23H25FIN7O/c1-3-9-23(2,26)14-28-21-16(24)12-27-22(29-21)19-11-20(18-8-10-33-31-18)32(30-19)13-15-6-4-5-7-17(15)25/h4-8,10-12H,3,9,13-14,26H2,1-2H3,(H,27,28,29). The van der Waals surface area contributed by atoms with E-state index in [1.807, 2.05) is 41.9 Å². The molecule has 10 heteroatoms. The van der Waals surface area contributed by atoms with Crippen LogP contribution in [-0.2, 0) is 6.54 Å². The molecular formula is C23H25FIN7O. The van der Waals surface area contributed by atoms with Gasteiger partial charge in [-0.3, -0.25) is 4.68 Å². The summed E-state index contributed by atoms with van der Waals surface area (Å²) in [4.78, 5) is 8.56. The number of benzene rings is 1. The molecule has 1 atom stereocenters. The van der Waals surface area contributed by atoms with Crippen molar-refractivity contribution < 1.29 is 8.91 Å². The van der Waals surface area contributed by atoms with Crippen LogP contribution in [0.4, 0.5) is 10.2 Å². The van der Waals surface area contributed by atoms with Crippen LogP contribution >= 0.6 is 22.6 Å². The van der Waals surface area contributed by atoms with Crippen molar-refractivity contribution in [2.45, 2.75) is 38.8 Å². The normalized spacial score (nSPS) is 13.1. The molecule has 0 aliphatic rings. The maximum Gasteiger partial charge on any atom is 0.183 e. The van der Waals surface area contributed by atoms with E-state index in [4.69, 9.17) is 15.4 Å². The predicted octanol–water partition coefficient (Wildman–Crippen LogP) is 4.72. The molecule has 1 aromatic carbocycles. The minimum atomic E-state index is -0.541. The molecule has 3 aromatic heterocycles. The molecule has 0 aliphatic carbocycles. The lowest BCUT2D eigenvalue weighted by Crippen LogP contribution is -2.43. The van der Waals surface area contributed by atoms with Gasteiger partial charge in [0.2, 0.25) is 0 Å². The van der Waals surface area contributed by atoms with Gasteiger partial charge in [-0.15, -0.1) is 0 Å². The Balaban J connectivity index is 1.67. The molecule has 4 rings (SSSR count). The molecule has 3 N–H and O–H groups in total. The van der Waals surface area contributed by atoms with Crippen molar-refractivity contribution in [1.82, 2.24) is 24.9 Å². The number of anilines is 1. The molecule has 0 fully saturated rings. The average Bonchev–Trinajstić information content (AvgIpc) is 3.45. The molecule has 0 radical (unpaired) electrons. The number of rotatable bonds is 9. The van der Waals surface area contributed by atoms with Gasteiger partial charge in [-0.25, -0.2) is 14.4 Å². The van der Waals surface area contributed by atoms with Gasteiger partial charge in [-0.05, 0) is 53.6 Å². The van der Waals surface area contributed by atoms with Gasteiger partial charge in [0.15, 0.2) is 17.5 Å². The van der Waals surface area contributed by atoms with E-state index in [1.54, 1.807) is 6.07 Å². The first-order valence-electron chi connectivity index (χ1n) is 10.6. The summed E-state index contributed by atoms with van der Waals surface area (Å²) in [6, 6.07) is 11.7. The number of hydrogen-bond donors (Lipinski definition) is 2. The zero-order chi connectivity index (χ0) is 23.4. The van der Waals surface area contributed by atoms with Crippen LogP contribution in [0.5, 0.6) is 0 Å². The van der Waals surface area contributed by atoms with E-state index in [-0.39, 0.29) is 5.82 Å². The molecule has 0 aliphatic heterocycles. The van der Waals surface area contributed by atoms with E-state index in [0.29, 0.717) is 30.3 Å². The average molecular weight is 561 g/mol. The molecule has 8 nitrogen and oxygen atoms in total. The fraction of sp³-hybridized carbons (Fsp3) is 0.304. The van der Waals surface area contributed by atoms with E-state index in [2.05, 4.69) is 50.0 Å². The summed E-state index contributed by atoms with van der Waals surface area (Å²) >= 11 is 2.30. The summed E-state index contributed by atoms with van der Waals surface area (Å²) in [6.45, 7) is 4.91. The van der Waals surface area contributed by atoms with Crippen LogP contribution in [0, 0.1) is 9.39 Å². The largest absolute Gasteiger partial charge is 0.366 e. The zero-order valence-corrected chi connectivity index (χ0v) is 20.6. The van der Waals surface area contributed by atoms with Crippen LogP contribution in [0.3, 0.4) is 0 Å². The number of halogens is 2. The zero-order valence-electron chi connectivity index (χ0n) is 18.4. The quantitative estimate of drug-likeness (QED) is 0.285.